The molecule has 2 rings (SSSR count). The summed E-state index contributed by atoms with van der Waals surface area (Å²) >= 11 is 0. The highest BCUT2D eigenvalue weighted by molar-refractivity contribution is 4.94. The van der Waals surface area contributed by atoms with Crippen LogP contribution in [0.15, 0.2) is 12.2 Å². The Balaban J connectivity index is 1.77. The summed E-state index contributed by atoms with van der Waals surface area (Å²) in [7, 11) is 0. The van der Waals surface area contributed by atoms with Crippen molar-refractivity contribution in [2.75, 3.05) is 0 Å². The van der Waals surface area contributed by atoms with Crippen LogP contribution >= 0.6 is 0 Å². The van der Waals surface area contributed by atoms with Gasteiger partial charge < -0.3 is 5.32 Å². The molecule has 0 radical (unpaired) electrons. The lowest BCUT2D eigenvalue weighted by atomic mass is 9.78. The summed E-state index contributed by atoms with van der Waals surface area (Å²) in [5.74, 6) is 1.85. The Bertz CT molecular complexity index is 221. The van der Waals surface area contributed by atoms with Crippen LogP contribution in [0.3, 0.4) is 0 Å². The molecule has 15 heavy (non-hydrogen) atoms. The molecule has 1 nitrogen and oxygen atoms in total. The summed E-state index contributed by atoms with van der Waals surface area (Å²) in [6.07, 6.45) is 12.7. The second kappa shape index (κ2) is 5.16. The van der Waals surface area contributed by atoms with Crippen LogP contribution in [0.2, 0.25) is 0 Å². The van der Waals surface area contributed by atoms with Gasteiger partial charge in [0, 0.05) is 12.1 Å². The Kier molecular flexibility index (Phi) is 3.85. The third-order valence-electron chi connectivity index (χ3n) is 4.34. The van der Waals surface area contributed by atoms with Crippen LogP contribution in [0, 0.1) is 11.8 Å². The van der Waals surface area contributed by atoms with Crippen LogP contribution < -0.4 is 5.32 Å². The van der Waals surface area contributed by atoms with Gasteiger partial charge in [0.15, 0.2) is 0 Å². The molecule has 86 valence electrons. The van der Waals surface area contributed by atoms with Crippen molar-refractivity contribution in [3.8, 4) is 0 Å². The van der Waals surface area contributed by atoms with E-state index in [0.717, 1.165) is 23.9 Å². The van der Waals surface area contributed by atoms with Crippen LogP contribution in [0.1, 0.15) is 52.4 Å². The first-order valence-corrected chi connectivity index (χ1v) is 6.66. The lowest BCUT2D eigenvalue weighted by Crippen LogP contribution is -2.42. The maximum atomic E-state index is 3.86. The molecular formula is C14H25N. The summed E-state index contributed by atoms with van der Waals surface area (Å²) in [4.78, 5) is 0. The number of rotatable bonds is 2. The van der Waals surface area contributed by atoms with Crippen LogP contribution in [0.25, 0.3) is 0 Å². The Morgan fingerprint density at radius 2 is 1.80 bits per heavy atom. The van der Waals surface area contributed by atoms with Crippen molar-refractivity contribution in [2.45, 2.75) is 64.5 Å². The van der Waals surface area contributed by atoms with Gasteiger partial charge in [-0.05, 0) is 50.4 Å². The predicted molar refractivity (Wildman–Crippen MR) is 65.9 cm³/mol. The van der Waals surface area contributed by atoms with Crippen molar-refractivity contribution < 1.29 is 0 Å². The molecule has 0 amide bonds. The Morgan fingerprint density at radius 3 is 2.47 bits per heavy atom. The Morgan fingerprint density at radius 1 is 0.933 bits per heavy atom. The van der Waals surface area contributed by atoms with E-state index in [9.17, 15) is 0 Å². The number of nitrogens with one attached hydrogen (secondary N) is 1. The molecule has 2 aliphatic rings. The summed E-state index contributed by atoms with van der Waals surface area (Å²) in [5.41, 5.74) is 0. The average molecular weight is 207 g/mol. The van der Waals surface area contributed by atoms with Gasteiger partial charge in [-0.1, -0.05) is 26.0 Å². The fraction of sp³-hybridized carbons (Fsp3) is 0.857. The Labute approximate surface area is 94.3 Å². The molecule has 2 aliphatic carbocycles. The van der Waals surface area contributed by atoms with Crippen molar-refractivity contribution in [1.29, 1.82) is 0 Å². The molecule has 0 bridgehead atoms. The molecule has 1 N–H and O–H groups in total. The van der Waals surface area contributed by atoms with Crippen molar-refractivity contribution in [3.63, 3.8) is 0 Å². The molecule has 0 aromatic rings. The molecule has 0 aromatic heterocycles. The van der Waals surface area contributed by atoms with E-state index in [0.29, 0.717) is 0 Å². The summed E-state index contributed by atoms with van der Waals surface area (Å²) in [6, 6.07) is 1.56. The normalized spacial score (nSPS) is 41.7. The van der Waals surface area contributed by atoms with Gasteiger partial charge in [0.1, 0.15) is 0 Å². The van der Waals surface area contributed by atoms with Crippen molar-refractivity contribution in [1.82, 2.24) is 5.32 Å². The van der Waals surface area contributed by atoms with Crippen molar-refractivity contribution in [2.24, 2.45) is 11.8 Å². The van der Waals surface area contributed by atoms with E-state index in [1.807, 2.05) is 0 Å². The van der Waals surface area contributed by atoms with E-state index in [4.69, 9.17) is 0 Å². The van der Waals surface area contributed by atoms with E-state index < -0.39 is 0 Å². The lowest BCUT2D eigenvalue weighted by molar-refractivity contribution is 0.212. The molecule has 1 saturated carbocycles. The molecule has 0 aromatic carbocycles. The first-order chi connectivity index (χ1) is 7.25. The highest BCUT2D eigenvalue weighted by Gasteiger charge is 2.25. The highest BCUT2D eigenvalue weighted by Crippen LogP contribution is 2.30. The van der Waals surface area contributed by atoms with Gasteiger partial charge >= 0.3 is 0 Å². The maximum absolute atomic E-state index is 3.86. The fourth-order valence-corrected chi connectivity index (χ4v) is 2.98. The zero-order valence-corrected chi connectivity index (χ0v) is 10.2. The third kappa shape index (κ3) is 3.07. The minimum atomic E-state index is 0.764. The molecule has 0 saturated heterocycles. The number of hydrogen-bond donors (Lipinski definition) is 1. The molecule has 0 heterocycles. The van der Waals surface area contributed by atoms with E-state index in [2.05, 4.69) is 31.3 Å². The van der Waals surface area contributed by atoms with Crippen LogP contribution in [0.5, 0.6) is 0 Å². The summed E-state index contributed by atoms with van der Waals surface area (Å²) in [6.45, 7) is 4.82. The van der Waals surface area contributed by atoms with Gasteiger partial charge in [0.05, 0.1) is 0 Å². The first-order valence-electron chi connectivity index (χ1n) is 6.66. The van der Waals surface area contributed by atoms with Crippen LogP contribution in [0.4, 0.5) is 0 Å². The topological polar surface area (TPSA) is 12.0 Å². The van der Waals surface area contributed by atoms with Gasteiger partial charge in [-0.15, -0.1) is 0 Å². The number of hydrogen-bond acceptors (Lipinski definition) is 1. The van der Waals surface area contributed by atoms with Crippen LogP contribution in [-0.2, 0) is 0 Å². The first kappa shape index (κ1) is 11.2. The summed E-state index contributed by atoms with van der Waals surface area (Å²) < 4.78 is 0. The maximum Gasteiger partial charge on any atom is 0.0107 e. The molecular weight excluding hydrogens is 182 g/mol. The smallest absolute Gasteiger partial charge is 0.0107 e. The molecule has 1 fully saturated rings. The molecule has 0 spiro atoms. The monoisotopic (exact) mass is 207 g/mol. The molecule has 4 atom stereocenters. The SMILES string of the molecule is CC1CCC(NC2CC=CCC2)CC1C. The van der Waals surface area contributed by atoms with Gasteiger partial charge in [-0.25, -0.2) is 0 Å². The van der Waals surface area contributed by atoms with Gasteiger partial charge in [-0.2, -0.15) is 0 Å². The molecule has 1 heteroatoms. The van der Waals surface area contributed by atoms with Gasteiger partial charge in [0.2, 0.25) is 0 Å². The third-order valence-corrected chi connectivity index (χ3v) is 4.34. The Hall–Kier alpha value is -0.300. The quantitative estimate of drug-likeness (QED) is 0.683. The minimum absolute atomic E-state index is 0.764. The van der Waals surface area contributed by atoms with E-state index in [-0.39, 0.29) is 0 Å². The second-order valence-corrected chi connectivity index (χ2v) is 5.61. The van der Waals surface area contributed by atoms with Gasteiger partial charge in [0.25, 0.3) is 0 Å². The highest BCUT2D eigenvalue weighted by atomic mass is 15.0. The molecule has 0 aliphatic heterocycles. The van der Waals surface area contributed by atoms with Gasteiger partial charge in [-0.3, -0.25) is 0 Å². The second-order valence-electron chi connectivity index (χ2n) is 5.61. The zero-order valence-electron chi connectivity index (χ0n) is 10.2. The predicted octanol–water partition coefficient (Wildman–Crippen LogP) is 3.51. The van der Waals surface area contributed by atoms with E-state index >= 15 is 0 Å². The molecule has 4 unspecified atom stereocenters. The fourth-order valence-electron chi connectivity index (χ4n) is 2.98. The minimum Gasteiger partial charge on any atom is -0.311 e. The van der Waals surface area contributed by atoms with Crippen LogP contribution in [-0.4, -0.2) is 12.1 Å². The summed E-state index contributed by atoms with van der Waals surface area (Å²) in [5, 5.41) is 3.86. The van der Waals surface area contributed by atoms with Crippen molar-refractivity contribution >= 4 is 0 Å². The average Bonchev–Trinajstić information content (AvgIpc) is 2.25. The van der Waals surface area contributed by atoms with Crippen molar-refractivity contribution in [3.05, 3.63) is 12.2 Å². The largest absolute Gasteiger partial charge is 0.311 e. The standard InChI is InChI=1S/C14H25N/c1-11-8-9-14(10-12(11)2)15-13-6-4-3-5-7-13/h3-4,11-15H,5-10H2,1-2H3. The van der Waals surface area contributed by atoms with E-state index in [1.54, 1.807) is 0 Å². The zero-order chi connectivity index (χ0) is 10.7. The number of allylic oxidation sites excluding steroid dienone is 1. The van der Waals surface area contributed by atoms with E-state index in [1.165, 1.54) is 38.5 Å². The lowest BCUT2D eigenvalue weighted by Gasteiger charge is -2.35.